The molecule has 1 unspecified atom stereocenters. The first kappa shape index (κ1) is 29.4. The average Bonchev–Trinajstić information content (AvgIpc) is 2.59. The number of hydrogen-bond donors (Lipinski definition) is 2. The topological polar surface area (TPSA) is 100 Å². The van der Waals surface area contributed by atoms with Crippen LogP contribution in [-0.2, 0) is 21.1 Å². The summed E-state index contributed by atoms with van der Waals surface area (Å²) in [7, 11) is 0.184. The van der Waals surface area contributed by atoms with Gasteiger partial charge in [0.2, 0.25) is 0 Å². The second-order valence-electron chi connectivity index (χ2n) is 8.64. The first-order chi connectivity index (χ1) is 13.7. The molecule has 0 saturated heterocycles. The van der Waals surface area contributed by atoms with Crippen molar-refractivity contribution in [3.05, 3.63) is 29.3 Å². The van der Waals surface area contributed by atoms with Gasteiger partial charge >= 0.3 is 6.09 Å². The summed E-state index contributed by atoms with van der Waals surface area (Å²) < 4.78 is 28.8. The molecule has 1 amide bonds. The third-order valence-electron chi connectivity index (χ3n) is 4.23. The van der Waals surface area contributed by atoms with E-state index in [1.165, 1.54) is 6.26 Å². The molecule has 0 aromatic heterocycles. The van der Waals surface area contributed by atoms with Crippen LogP contribution in [0.3, 0.4) is 0 Å². The number of aryl methyl sites for hydroxylation is 1. The molecule has 0 aliphatic rings. The lowest BCUT2D eigenvalue weighted by Gasteiger charge is -2.26. The summed E-state index contributed by atoms with van der Waals surface area (Å²) in [4.78, 5) is 18.2. The summed E-state index contributed by atoms with van der Waals surface area (Å²) in [5.74, 6) is 0.809. The van der Waals surface area contributed by atoms with E-state index in [0.29, 0.717) is 30.5 Å². The second-order valence-corrected chi connectivity index (χ2v) is 10.6. The van der Waals surface area contributed by atoms with Gasteiger partial charge < -0.3 is 20.3 Å². The fraction of sp³-hybridized carbons (Fsp3) is 0.619. The Morgan fingerprint density at radius 3 is 2.35 bits per heavy atom. The van der Waals surface area contributed by atoms with E-state index in [9.17, 15) is 13.2 Å². The van der Waals surface area contributed by atoms with Crippen LogP contribution < -0.4 is 10.6 Å². The second kappa shape index (κ2) is 12.5. The molecule has 0 fully saturated rings. The maximum atomic E-state index is 12.1. The van der Waals surface area contributed by atoms with Crippen LogP contribution in [0.15, 0.2) is 28.1 Å². The van der Waals surface area contributed by atoms with E-state index in [-0.39, 0.29) is 36.0 Å². The lowest BCUT2D eigenvalue weighted by atomic mass is 10.1. The third-order valence-corrected chi connectivity index (χ3v) is 5.49. The number of carbonyl (C=O) groups excluding carboxylic acids is 1. The van der Waals surface area contributed by atoms with Crippen molar-refractivity contribution in [1.82, 2.24) is 15.5 Å². The Bertz CT molecular complexity index is 867. The predicted molar refractivity (Wildman–Crippen MR) is 136 cm³/mol. The zero-order valence-corrected chi connectivity index (χ0v) is 22.9. The normalized spacial score (nSPS) is 13.1. The van der Waals surface area contributed by atoms with Crippen LogP contribution >= 0.6 is 24.0 Å². The minimum atomic E-state index is -3.22. The molecule has 0 heterocycles. The van der Waals surface area contributed by atoms with Crippen molar-refractivity contribution in [2.24, 2.45) is 10.9 Å². The van der Waals surface area contributed by atoms with Gasteiger partial charge in [0.15, 0.2) is 15.8 Å². The molecule has 0 radical (unpaired) electrons. The number of sulfone groups is 1. The van der Waals surface area contributed by atoms with E-state index in [4.69, 9.17) is 4.74 Å². The maximum Gasteiger partial charge on any atom is 0.410 e. The summed E-state index contributed by atoms with van der Waals surface area (Å²) in [6, 6.07) is 5.28. The molecule has 10 heteroatoms. The van der Waals surface area contributed by atoms with Gasteiger partial charge in [-0.05, 0) is 50.8 Å². The molecule has 0 aliphatic carbocycles. The highest BCUT2D eigenvalue weighted by Crippen LogP contribution is 2.16. The zero-order chi connectivity index (χ0) is 23.1. The van der Waals surface area contributed by atoms with Crippen LogP contribution in [0.1, 0.15) is 38.8 Å². The number of nitrogens with one attached hydrogen (secondary N) is 2. The Balaban J connectivity index is 0.00000900. The Hall–Kier alpha value is -1.56. The van der Waals surface area contributed by atoms with Crippen LogP contribution in [-0.4, -0.2) is 64.4 Å². The molecule has 1 atom stereocenters. The molecular weight excluding hydrogens is 531 g/mol. The molecule has 1 aromatic carbocycles. The highest BCUT2D eigenvalue weighted by Gasteiger charge is 2.20. The molecule has 0 aliphatic heterocycles. The van der Waals surface area contributed by atoms with Gasteiger partial charge in [0, 0.05) is 40.0 Å². The summed E-state index contributed by atoms with van der Waals surface area (Å²) in [5.41, 5.74) is 1.16. The van der Waals surface area contributed by atoms with Crippen molar-refractivity contribution in [2.45, 2.75) is 51.7 Å². The van der Waals surface area contributed by atoms with Crippen LogP contribution in [0.2, 0.25) is 0 Å². The SMILES string of the molecule is CN=C(NCc1ccc(S(C)(=O)=O)c(C)c1)NCC(C)CN(C)C(=O)OC(C)(C)C.I. The van der Waals surface area contributed by atoms with E-state index in [1.54, 1.807) is 38.1 Å². The highest BCUT2D eigenvalue weighted by molar-refractivity contribution is 14.0. The van der Waals surface area contributed by atoms with Gasteiger partial charge in [-0.15, -0.1) is 24.0 Å². The molecule has 0 spiro atoms. The highest BCUT2D eigenvalue weighted by atomic mass is 127. The zero-order valence-electron chi connectivity index (χ0n) is 19.8. The third kappa shape index (κ3) is 11.0. The maximum absolute atomic E-state index is 12.1. The number of hydrogen-bond acceptors (Lipinski definition) is 5. The molecule has 2 N–H and O–H groups in total. The number of guanidine groups is 1. The van der Waals surface area contributed by atoms with Crippen LogP contribution in [0.5, 0.6) is 0 Å². The minimum absolute atomic E-state index is 0. The van der Waals surface area contributed by atoms with Gasteiger partial charge in [0.25, 0.3) is 0 Å². The standard InChI is InChI=1S/C21H36N4O4S.HI/c1-15(14-25(7)20(26)29-21(3,4)5)12-23-19(22-6)24-13-17-9-10-18(16(2)11-17)30(8,27)28;/h9-11,15H,12-14H2,1-8H3,(H2,22,23,24);1H. The van der Waals surface area contributed by atoms with E-state index in [2.05, 4.69) is 15.6 Å². The molecule has 1 rings (SSSR count). The largest absolute Gasteiger partial charge is 0.444 e. The molecule has 178 valence electrons. The van der Waals surface area contributed by atoms with Crippen molar-refractivity contribution in [2.75, 3.05) is 33.4 Å². The summed E-state index contributed by atoms with van der Waals surface area (Å²) in [5, 5.41) is 6.46. The fourth-order valence-corrected chi connectivity index (χ4v) is 3.82. The minimum Gasteiger partial charge on any atom is -0.444 e. The fourth-order valence-electron chi connectivity index (χ4n) is 2.86. The Kier molecular flexibility index (Phi) is 11.8. The first-order valence-corrected chi connectivity index (χ1v) is 11.8. The molecule has 31 heavy (non-hydrogen) atoms. The van der Waals surface area contributed by atoms with E-state index in [0.717, 1.165) is 11.1 Å². The number of aliphatic imine (C=N–C) groups is 1. The predicted octanol–water partition coefficient (Wildman–Crippen LogP) is 3.18. The van der Waals surface area contributed by atoms with Gasteiger partial charge in [0.1, 0.15) is 5.60 Å². The van der Waals surface area contributed by atoms with Crippen LogP contribution in [0, 0.1) is 12.8 Å². The van der Waals surface area contributed by atoms with Gasteiger partial charge in [0.05, 0.1) is 4.90 Å². The Morgan fingerprint density at radius 2 is 1.87 bits per heavy atom. The molecule has 8 nitrogen and oxygen atoms in total. The van der Waals surface area contributed by atoms with Crippen LogP contribution in [0.4, 0.5) is 4.79 Å². The van der Waals surface area contributed by atoms with Crippen molar-refractivity contribution < 1.29 is 17.9 Å². The van der Waals surface area contributed by atoms with Gasteiger partial charge in [-0.2, -0.15) is 0 Å². The van der Waals surface area contributed by atoms with E-state index >= 15 is 0 Å². The number of amides is 1. The molecule has 0 bridgehead atoms. The van der Waals surface area contributed by atoms with Crippen LogP contribution in [0.25, 0.3) is 0 Å². The monoisotopic (exact) mass is 568 g/mol. The van der Waals surface area contributed by atoms with Crippen molar-refractivity contribution >= 4 is 45.9 Å². The van der Waals surface area contributed by atoms with Crippen molar-refractivity contribution in [3.8, 4) is 0 Å². The lowest BCUT2D eigenvalue weighted by Crippen LogP contribution is -2.42. The number of ether oxygens (including phenoxy) is 1. The summed E-state index contributed by atoms with van der Waals surface area (Å²) in [6.45, 7) is 11.0. The van der Waals surface area contributed by atoms with E-state index < -0.39 is 15.4 Å². The number of rotatable bonds is 7. The summed E-state index contributed by atoms with van der Waals surface area (Å²) >= 11 is 0. The van der Waals surface area contributed by atoms with Gasteiger partial charge in [-0.25, -0.2) is 13.2 Å². The van der Waals surface area contributed by atoms with Crippen molar-refractivity contribution in [3.63, 3.8) is 0 Å². The number of benzene rings is 1. The van der Waals surface area contributed by atoms with Crippen molar-refractivity contribution in [1.29, 1.82) is 0 Å². The first-order valence-electron chi connectivity index (χ1n) is 9.91. The number of halogens is 1. The molecule has 0 saturated carbocycles. The summed E-state index contributed by atoms with van der Waals surface area (Å²) in [6.07, 6.45) is 0.866. The lowest BCUT2D eigenvalue weighted by molar-refractivity contribution is 0.0278. The number of nitrogens with zero attached hydrogens (tertiary/aromatic N) is 2. The quantitative estimate of drug-likeness (QED) is 0.298. The smallest absolute Gasteiger partial charge is 0.410 e. The van der Waals surface area contributed by atoms with Gasteiger partial charge in [-0.1, -0.05) is 19.1 Å². The van der Waals surface area contributed by atoms with E-state index in [1.807, 2.05) is 33.8 Å². The molecular formula is C21H37IN4O4S. The van der Waals surface area contributed by atoms with Gasteiger partial charge in [-0.3, -0.25) is 4.99 Å². The Labute approximate surface area is 204 Å². The average molecular weight is 569 g/mol. The molecule has 1 aromatic rings. The number of carbonyl (C=O) groups is 1. The Morgan fingerprint density at radius 1 is 1.26 bits per heavy atom.